The second kappa shape index (κ2) is 21.0. The summed E-state index contributed by atoms with van der Waals surface area (Å²) in [5.41, 5.74) is 0.0197. The molecule has 23 nitrogen and oxygen atoms in total. The Labute approximate surface area is 418 Å². The van der Waals surface area contributed by atoms with Crippen molar-refractivity contribution in [2.75, 3.05) is 13.2 Å². The van der Waals surface area contributed by atoms with Crippen molar-refractivity contribution in [3.8, 4) is 57.5 Å². The third kappa shape index (κ3) is 9.98. The van der Waals surface area contributed by atoms with E-state index in [9.17, 15) is 81.4 Å². The number of aliphatic hydroxyl groups is 7. The lowest BCUT2D eigenvalue weighted by atomic mass is 9.77. The number of phenols is 8. The minimum Gasteiger partial charge on any atom is -0.508 e. The number of aromatic hydroxyl groups is 8. The molecular weight excluding hydrogens is 981 g/mol. The van der Waals surface area contributed by atoms with Gasteiger partial charge in [0.1, 0.15) is 102 Å². The van der Waals surface area contributed by atoms with Crippen LogP contribution < -0.4 is 9.47 Å². The standard InChI is InChI=1S/C51H52O23/c52-18-34-40(62)42(64)45(67)51(71-34)74-49-39(37-30(59)14-23(53)15-32(37)69-47(49)22-8-10-26(55)29(58)13-22)38-31(60)17-27(56)24-16-33(46(73-48(24)38)21-7-9-25(54)28(57)12-21)70-50-44(66)43(65)41(63)35(72-50)19-68-36(61)11-6-20-4-2-1-3-5-20/h1-15,17,33-35,39-47,49-60,62-67H,16,18-19H2/b11-6+/t33-,34-,35-,39+,40-,41-,42+,43+,44-,45-,46-,47-,49+,50-,51+/m1/s1. The highest BCUT2D eigenvalue weighted by Gasteiger charge is 2.53. The van der Waals surface area contributed by atoms with Crippen LogP contribution in [0.4, 0.5) is 0 Å². The fraction of sp³-hybridized carbons (Fsp3) is 0.353. The second-order valence-corrected chi connectivity index (χ2v) is 18.1. The molecule has 0 aromatic heterocycles. The van der Waals surface area contributed by atoms with E-state index in [0.717, 1.165) is 48.5 Å². The molecule has 5 aromatic rings. The molecule has 2 saturated heterocycles. The van der Waals surface area contributed by atoms with Crippen LogP contribution >= 0.6 is 0 Å². The van der Waals surface area contributed by atoms with Gasteiger partial charge in [-0.1, -0.05) is 42.5 Å². The number of esters is 1. The van der Waals surface area contributed by atoms with Gasteiger partial charge >= 0.3 is 5.97 Å². The lowest BCUT2D eigenvalue weighted by Gasteiger charge is -2.46. The van der Waals surface area contributed by atoms with Gasteiger partial charge in [-0.25, -0.2) is 4.79 Å². The number of phenolic OH excluding ortho intramolecular Hbond substituents is 8. The van der Waals surface area contributed by atoms with Crippen LogP contribution in [0.3, 0.4) is 0 Å². The highest BCUT2D eigenvalue weighted by Crippen LogP contribution is 2.59. The monoisotopic (exact) mass is 1030 g/mol. The minimum absolute atomic E-state index is 0.0161. The van der Waals surface area contributed by atoms with E-state index in [1.165, 1.54) is 18.2 Å². The smallest absolute Gasteiger partial charge is 0.330 e. The van der Waals surface area contributed by atoms with Gasteiger partial charge in [-0.05, 0) is 47.0 Å². The third-order valence-corrected chi connectivity index (χ3v) is 13.3. The van der Waals surface area contributed by atoms with Crippen LogP contribution in [0, 0.1) is 0 Å². The molecule has 0 unspecified atom stereocenters. The molecule has 0 amide bonds. The van der Waals surface area contributed by atoms with Crippen molar-refractivity contribution in [3.05, 3.63) is 124 Å². The van der Waals surface area contributed by atoms with Crippen LogP contribution in [0.1, 0.15) is 51.5 Å². The molecule has 2 fully saturated rings. The fourth-order valence-electron chi connectivity index (χ4n) is 9.55. The maximum absolute atomic E-state index is 12.7. The number of hydrogen-bond acceptors (Lipinski definition) is 23. The number of ether oxygens (including phenoxy) is 7. The molecule has 5 aromatic carbocycles. The summed E-state index contributed by atoms with van der Waals surface area (Å²) in [6.45, 7) is -1.52. The fourth-order valence-corrected chi connectivity index (χ4v) is 9.55. The lowest BCUT2D eigenvalue weighted by Crippen LogP contribution is -2.60. The van der Waals surface area contributed by atoms with Gasteiger partial charge in [-0.15, -0.1) is 0 Å². The van der Waals surface area contributed by atoms with Crippen molar-refractivity contribution in [2.45, 2.75) is 98.2 Å². The van der Waals surface area contributed by atoms with Gasteiger partial charge < -0.3 is 110 Å². The van der Waals surface area contributed by atoms with Crippen molar-refractivity contribution >= 4 is 12.0 Å². The van der Waals surface area contributed by atoms with Crippen molar-refractivity contribution in [2.24, 2.45) is 0 Å². The number of benzene rings is 5. The Hall–Kier alpha value is -7.13. The lowest BCUT2D eigenvalue weighted by molar-refractivity contribution is -0.319. The summed E-state index contributed by atoms with van der Waals surface area (Å²) in [7, 11) is 0. The first-order chi connectivity index (χ1) is 35.3. The van der Waals surface area contributed by atoms with Crippen molar-refractivity contribution in [1.29, 1.82) is 0 Å². The summed E-state index contributed by atoms with van der Waals surface area (Å²) in [5, 5.41) is 164. The number of carbonyl (C=O) groups excluding carboxylic acids is 1. The predicted octanol–water partition coefficient (Wildman–Crippen LogP) is 0.908. The van der Waals surface area contributed by atoms with E-state index in [1.807, 2.05) is 0 Å². The zero-order valence-electron chi connectivity index (χ0n) is 38.5. The maximum Gasteiger partial charge on any atom is 0.330 e. The van der Waals surface area contributed by atoms with E-state index >= 15 is 0 Å². The molecular formula is C51H52O23. The van der Waals surface area contributed by atoms with E-state index < -0.39 is 163 Å². The van der Waals surface area contributed by atoms with Crippen LogP contribution in [-0.2, 0) is 34.9 Å². The largest absolute Gasteiger partial charge is 0.508 e. The highest BCUT2D eigenvalue weighted by atomic mass is 16.7. The molecule has 74 heavy (non-hydrogen) atoms. The molecule has 23 heteroatoms. The zero-order chi connectivity index (χ0) is 52.9. The number of fused-ring (bicyclic) bond motifs is 2. The number of carbonyl (C=O) groups is 1. The number of aliphatic hydroxyl groups excluding tert-OH is 7. The first kappa shape index (κ1) is 51.8. The van der Waals surface area contributed by atoms with Gasteiger partial charge in [0.25, 0.3) is 0 Å². The Morgan fingerprint density at radius 3 is 1.81 bits per heavy atom. The van der Waals surface area contributed by atoms with Crippen LogP contribution in [0.5, 0.6) is 57.5 Å². The first-order valence-electron chi connectivity index (χ1n) is 23.0. The van der Waals surface area contributed by atoms with Crippen LogP contribution in [0.25, 0.3) is 6.08 Å². The van der Waals surface area contributed by atoms with Gasteiger partial charge in [0.15, 0.2) is 47.8 Å². The summed E-state index contributed by atoms with van der Waals surface area (Å²) >= 11 is 0. The molecule has 9 rings (SSSR count). The Morgan fingerprint density at radius 2 is 1.18 bits per heavy atom. The summed E-state index contributed by atoms with van der Waals surface area (Å²) in [4.78, 5) is 12.7. The van der Waals surface area contributed by atoms with Crippen molar-refractivity contribution in [3.63, 3.8) is 0 Å². The van der Waals surface area contributed by atoms with E-state index in [2.05, 4.69) is 0 Å². The highest BCUT2D eigenvalue weighted by molar-refractivity contribution is 5.87. The molecule has 0 spiro atoms. The van der Waals surface area contributed by atoms with Gasteiger partial charge in [0.05, 0.1) is 12.5 Å². The summed E-state index contributed by atoms with van der Waals surface area (Å²) < 4.78 is 42.8. The summed E-state index contributed by atoms with van der Waals surface area (Å²) in [6, 6.07) is 18.6. The first-order valence-corrected chi connectivity index (χ1v) is 23.0. The molecule has 394 valence electrons. The maximum atomic E-state index is 12.7. The Kier molecular flexibility index (Phi) is 14.7. The summed E-state index contributed by atoms with van der Waals surface area (Å²) in [6.07, 6.45) is -22.6. The van der Waals surface area contributed by atoms with Gasteiger partial charge in [0, 0.05) is 47.4 Å². The van der Waals surface area contributed by atoms with Crippen LogP contribution in [0.2, 0.25) is 0 Å². The van der Waals surface area contributed by atoms with E-state index in [4.69, 9.17) is 33.2 Å². The molecule has 0 aliphatic carbocycles. The van der Waals surface area contributed by atoms with Crippen LogP contribution in [-0.4, -0.2) is 169 Å². The number of rotatable bonds is 12. The molecule has 4 heterocycles. The normalized spacial score (nSPS) is 30.7. The quantitative estimate of drug-likeness (QED) is 0.0469. The van der Waals surface area contributed by atoms with Gasteiger partial charge in [-0.3, -0.25) is 0 Å². The Balaban J connectivity index is 1.14. The topological polar surface area (TPSA) is 385 Å². The van der Waals surface area contributed by atoms with Gasteiger partial charge in [0.2, 0.25) is 0 Å². The zero-order valence-corrected chi connectivity index (χ0v) is 38.5. The molecule has 4 aliphatic rings. The van der Waals surface area contributed by atoms with Gasteiger partial charge in [-0.2, -0.15) is 0 Å². The van der Waals surface area contributed by atoms with Crippen molar-refractivity contribution in [1.82, 2.24) is 0 Å². The van der Waals surface area contributed by atoms with Crippen molar-refractivity contribution < 1.29 is 115 Å². The Morgan fingerprint density at radius 1 is 0.581 bits per heavy atom. The molecule has 15 atom stereocenters. The molecule has 0 bridgehead atoms. The van der Waals surface area contributed by atoms with E-state index in [1.54, 1.807) is 30.3 Å². The average molecular weight is 1030 g/mol. The molecule has 15 N–H and O–H groups in total. The molecule has 4 aliphatic heterocycles. The number of hydrogen-bond donors (Lipinski definition) is 15. The summed E-state index contributed by atoms with van der Waals surface area (Å²) in [5.74, 6) is -8.18. The van der Waals surface area contributed by atoms with Crippen LogP contribution in [0.15, 0.2) is 91.0 Å². The average Bonchev–Trinajstić information content (AvgIpc) is 3.37. The molecule has 0 saturated carbocycles. The second-order valence-electron chi connectivity index (χ2n) is 18.1. The molecule has 0 radical (unpaired) electrons. The third-order valence-electron chi connectivity index (χ3n) is 13.3. The SMILES string of the molecule is O=C(/C=C/c1ccccc1)OC[C@H]1O[C@@H](O[C@@H]2Cc3c(O)cc(O)c([C@@H]4c5c(O)cc(O)cc5O[C@H](c5ccc(O)c(O)c5)[C@H]4O[C@@H]4O[C@H](CO)[C@@H](O)[C@H](O)[C@H]4O)c3O[C@@H]2c2ccc(O)c(O)c2)[C@H](O)[C@@H](O)[C@@H]1O. The van der Waals surface area contributed by atoms with E-state index in [0.29, 0.717) is 5.56 Å². The predicted molar refractivity (Wildman–Crippen MR) is 248 cm³/mol. The Bertz CT molecular complexity index is 2880. The van der Waals surface area contributed by atoms with E-state index in [-0.39, 0.29) is 39.3 Å². The minimum atomic E-state index is -2.06.